The fourth-order valence-electron chi connectivity index (χ4n) is 2.79. The highest BCUT2D eigenvalue weighted by Crippen LogP contribution is 2.23. The number of rotatable bonds is 3. The molecule has 1 atom stereocenters. The zero-order chi connectivity index (χ0) is 13.5. The van der Waals surface area contributed by atoms with Crippen LogP contribution >= 0.6 is 11.3 Å². The smallest absolute Gasteiger partial charge is 0.0555 e. The summed E-state index contributed by atoms with van der Waals surface area (Å²) in [6, 6.07) is 2.99. The van der Waals surface area contributed by atoms with Gasteiger partial charge in [-0.1, -0.05) is 31.6 Å². The van der Waals surface area contributed by atoms with Crippen LogP contribution in [-0.4, -0.2) is 24.0 Å². The number of hydrogen-bond donors (Lipinski definition) is 1. The molecular weight excluding hydrogens is 252 g/mol. The van der Waals surface area contributed by atoms with E-state index in [2.05, 4.69) is 35.1 Å². The summed E-state index contributed by atoms with van der Waals surface area (Å²) in [6.45, 7) is 5.10. The number of likely N-dealkylation sites (tertiary alicyclic amines) is 1. The summed E-state index contributed by atoms with van der Waals surface area (Å²) in [5, 5.41) is 2.15. The van der Waals surface area contributed by atoms with Gasteiger partial charge in [0.05, 0.1) is 6.54 Å². The minimum absolute atomic E-state index is 0.440. The molecule has 1 aromatic rings. The molecule has 0 bridgehead atoms. The average Bonchev–Trinajstić information content (AvgIpc) is 2.74. The van der Waals surface area contributed by atoms with Crippen LogP contribution in [0.25, 0.3) is 0 Å². The van der Waals surface area contributed by atoms with Gasteiger partial charge in [0.1, 0.15) is 0 Å². The van der Waals surface area contributed by atoms with E-state index in [1.807, 2.05) is 11.3 Å². The first-order chi connectivity index (χ1) is 9.33. The van der Waals surface area contributed by atoms with Crippen LogP contribution in [0.15, 0.2) is 11.4 Å². The molecule has 2 heterocycles. The monoisotopic (exact) mass is 276 g/mol. The third-order valence-electron chi connectivity index (χ3n) is 3.82. The van der Waals surface area contributed by atoms with Crippen LogP contribution in [0.4, 0.5) is 0 Å². The third-order valence-corrected chi connectivity index (χ3v) is 4.74. The van der Waals surface area contributed by atoms with Crippen molar-refractivity contribution in [2.45, 2.75) is 51.6 Å². The van der Waals surface area contributed by atoms with Gasteiger partial charge in [0.15, 0.2) is 0 Å². The second-order valence-corrected chi connectivity index (χ2v) is 6.19. The van der Waals surface area contributed by atoms with E-state index < -0.39 is 0 Å². The van der Waals surface area contributed by atoms with Gasteiger partial charge in [-0.2, -0.15) is 0 Å². The summed E-state index contributed by atoms with van der Waals surface area (Å²) in [7, 11) is 0. The third kappa shape index (κ3) is 4.35. The predicted molar refractivity (Wildman–Crippen MR) is 83.2 cm³/mol. The molecule has 19 heavy (non-hydrogen) atoms. The van der Waals surface area contributed by atoms with Crippen LogP contribution < -0.4 is 5.73 Å². The van der Waals surface area contributed by atoms with E-state index in [0.717, 1.165) is 18.2 Å². The van der Waals surface area contributed by atoms with Crippen LogP contribution in [0, 0.1) is 11.8 Å². The Morgan fingerprint density at radius 2 is 2.32 bits per heavy atom. The van der Waals surface area contributed by atoms with Crippen molar-refractivity contribution < 1.29 is 0 Å². The molecule has 1 aliphatic rings. The van der Waals surface area contributed by atoms with E-state index >= 15 is 0 Å². The molecule has 0 radical (unpaired) electrons. The highest BCUT2D eigenvalue weighted by Gasteiger charge is 2.19. The molecule has 1 fully saturated rings. The molecule has 1 aromatic heterocycles. The van der Waals surface area contributed by atoms with Crippen LogP contribution in [0.2, 0.25) is 0 Å². The topological polar surface area (TPSA) is 29.3 Å². The van der Waals surface area contributed by atoms with Crippen molar-refractivity contribution in [3.8, 4) is 11.8 Å². The molecule has 2 N–H and O–H groups in total. The molecule has 2 nitrogen and oxygen atoms in total. The van der Waals surface area contributed by atoms with Gasteiger partial charge in [0.2, 0.25) is 0 Å². The van der Waals surface area contributed by atoms with E-state index in [1.165, 1.54) is 43.5 Å². The Kier molecular flexibility index (Phi) is 5.91. The molecule has 0 aromatic carbocycles. The normalized spacial score (nSPS) is 20.6. The summed E-state index contributed by atoms with van der Waals surface area (Å²) in [6.07, 6.45) is 6.77. The maximum Gasteiger partial charge on any atom is 0.0555 e. The van der Waals surface area contributed by atoms with Crippen LogP contribution in [0.5, 0.6) is 0 Å². The van der Waals surface area contributed by atoms with Crippen LogP contribution in [0.1, 0.15) is 49.5 Å². The average molecular weight is 276 g/mol. The fraction of sp³-hybridized carbons (Fsp3) is 0.625. The Balaban J connectivity index is 1.99. The molecule has 1 saturated heterocycles. The summed E-state index contributed by atoms with van der Waals surface area (Å²) >= 11 is 1.83. The van der Waals surface area contributed by atoms with E-state index in [4.69, 9.17) is 5.73 Å². The van der Waals surface area contributed by atoms with Gasteiger partial charge in [-0.25, -0.2) is 0 Å². The lowest BCUT2D eigenvalue weighted by Gasteiger charge is -2.28. The maximum absolute atomic E-state index is 5.41. The lowest BCUT2D eigenvalue weighted by Crippen LogP contribution is -2.33. The molecule has 0 aliphatic carbocycles. The zero-order valence-electron chi connectivity index (χ0n) is 11.8. The number of nitrogens with two attached hydrogens (primary N) is 1. The highest BCUT2D eigenvalue weighted by atomic mass is 32.1. The first-order valence-corrected chi connectivity index (χ1v) is 8.22. The molecule has 0 amide bonds. The van der Waals surface area contributed by atoms with Crippen LogP contribution in [-0.2, 0) is 6.54 Å². The highest BCUT2D eigenvalue weighted by molar-refractivity contribution is 7.10. The van der Waals surface area contributed by atoms with Gasteiger partial charge < -0.3 is 5.73 Å². The Labute approximate surface area is 121 Å². The van der Waals surface area contributed by atoms with Crippen molar-refractivity contribution in [3.63, 3.8) is 0 Å². The predicted octanol–water partition coefficient (Wildman–Crippen LogP) is 3.21. The lowest BCUT2D eigenvalue weighted by molar-refractivity contribution is 0.188. The van der Waals surface area contributed by atoms with Crippen molar-refractivity contribution >= 4 is 11.3 Å². The number of nitrogens with zero attached hydrogens (tertiary/aromatic N) is 1. The molecule has 0 saturated carbocycles. The summed E-state index contributed by atoms with van der Waals surface area (Å²) in [4.78, 5) is 4.10. The molecular formula is C16H24N2S. The first-order valence-electron chi connectivity index (χ1n) is 7.34. The second-order valence-electron chi connectivity index (χ2n) is 5.19. The van der Waals surface area contributed by atoms with Crippen molar-refractivity contribution in [2.75, 3.05) is 13.1 Å². The van der Waals surface area contributed by atoms with Crippen molar-refractivity contribution in [1.29, 1.82) is 0 Å². The van der Waals surface area contributed by atoms with Crippen LogP contribution in [0.3, 0.4) is 0 Å². The van der Waals surface area contributed by atoms with Gasteiger partial charge in [-0.15, -0.1) is 11.3 Å². The summed E-state index contributed by atoms with van der Waals surface area (Å²) < 4.78 is 0. The number of thiophene rings is 1. The molecule has 3 heteroatoms. The van der Waals surface area contributed by atoms with Gasteiger partial charge in [0.25, 0.3) is 0 Å². The fourth-order valence-corrected chi connectivity index (χ4v) is 3.63. The van der Waals surface area contributed by atoms with Gasteiger partial charge in [0, 0.05) is 28.4 Å². The maximum atomic E-state index is 5.41. The molecule has 104 valence electrons. The second kappa shape index (κ2) is 7.69. The zero-order valence-corrected chi connectivity index (χ0v) is 12.6. The Morgan fingerprint density at radius 3 is 3.11 bits per heavy atom. The quantitative estimate of drug-likeness (QED) is 0.859. The minimum Gasteiger partial charge on any atom is -0.320 e. The van der Waals surface area contributed by atoms with Gasteiger partial charge in [-0.05, 0) is 31.9 Å². The van der Waals surface area contributed by atoms with Gasteiger partial charge >= 0.3 is 0 Å². The van der Waals surface area contributed by atoms with E-state index in [-0.39, 0.29) is 0 Å². The summed E-state index contributed by atoms with van der Waals surface area (Å²) in [5.74, 6) is 6.04. The van der Waals surface area contributed by atoms with E-state index in [0.29, 0.717) is 6.54 Å². The Morgan fingerprint density at radius 1 is 1.42 bits per heavy atom. The lowest BCUT2D eigenvalue weighted by atomic mass is 10.1. The Bertz CT molecular complexity index is 441. The molecule has 2 rings (SSSR count). The Hall–Kier alpha value is -0.820. The molecule has 1 aliphatic heterocycles. The van der Waals surface area contributed by atoms with Crippen molar-refractivity contribution in [1.82, 2.24) is 4.90 Å². The van der Waals surface area contributed by atoms with Gasteiger partial charge in [-0.3, -0.25) is 4.90 Å². The van der Waals surface area contributed by atoms with E-state index in [1.54, 1.807) is 0 Å². The van der Waals surface area contributed by atoms with Crippen molar-refractivity contribution in [3.05, 3.63) is 21.9 Å². The van der Waals surface area contributed by atoms with Crippen molar-refractivity contribution in [2.24, 2.45) is 5.73 Å². The largest absolute Gasteiger partial charge is 0.320 e. The first kappa shape index (κ1) is 14.6. The molecule has 1 unspecified atom stereocenters. The number of hydrogen-bond acceptors (Lipinski definition) is 3. The SMILES string of the molecule is CCC1CCCCCN1Cc1cc(C#CCN)cs1. The standard InChI is InChI=1S/C16H24N2S/c1-2-15-8-4-3-5-10-18(15)12-16-11-14(13-19-16)7-6-9-17/h11,13,15H,2-5,8-10,12,17H2,1H3. The molecule has 0 spiro atoms. The summed E-state index contributed by atoms with van der Waals surface area (Å²) in [5.41, 5.74) is 6.53. The van der Waals surface area contributed by atoms with E-state index in [9.17, 15) is 0 Å². The minimum atomic E-state index is 0.440.